The van der Waals surface area contributed by atoms with Gasteiger partial charge in [-0.1, -0.05) is 11.2 Å². The molecule has 1 saturated carbocycles. The zero-order valence-corrected chi connectivity index (χ0v) is 21.6. The van der Waals surface area contributed by atoms with Crippen molar-refractivity contribution in [3.63, 3.8) is 0 Å². The summed E-state index contributed by atoms with van der Waals surface area (Å²) in [6.45, 7) is -0.513. The number of carbonyl (C=O) groups is 2. The fraction of sp³-hybridized carbons (Fsp3) is 0.542. The molecule has 18 heteroatoms. The maximum absolute atomic E-state index is 15.6. The van der Waals surface area contributed by atoms with Gasteiger partial charge in [-0.2, -0.15) is 26.3 Å². The van der Waals surface area contributed by atoms with Crippen LogP contribution in [0, 0.1) is 18.7 Å². The largest absolute Gasteiger partial charge is 0.405 e. The number of carbonyl (C=O) groups excluding carboxylic acids is 2. The van der Waals surface area contributed by atoms with E-state index in [4.69, 9.17) is 0 Å². The number of nitrogens with zero attached hydrogens (tertiary/aromatic N) is 3. The first-order valence-electron chi connectivity index (χ1n) is 12.5. The van der Waals surface area contributed by atoms with Crippen LogP contribution in [0.15, 0.2) is 16.8 Å². The number of halogens is 9. The molecule has 0 spiro atoms. The van der Waals surface area contributed by atoms with Gasteiger partial charge in [-0.25, -0.2) is 22.8 Å². The van der Waals surface area contributed by atoms with E-state index in [1.807, 2.05) is 0 Å². The Morgan fingerprint density at radius 3 is 2.33 bits per heavy atom. The van der Waals surface area contributed by atoms with Gasteiger partial charge in [0.2, 0.25) is 11.8 Å². The monoisotopic (exact) mass is 614 g/mol. The van der Waals surface area contributed by atoms with E-state index in [1.165, 1.54) is 12.2 Å². The Balaban J connectivity index is 1.71. The van der Waals surface area contributed by atoms with Crippen LogP contribution in [0.5, 0.6) is 0 Å². The van der Waals surface area contributed by atoms with Gasteiger partial charge in [0.1, 0.15) is 23.6 Å². The number of aromatic nitrogens is 4. The molecule has 0 aliphatic heterocycles. The van der Waals surface area contributed by atoms with Crippen molar-refractivity contribution in [2.24, 2.45) is 5.92 Å². The second kappa shape index (κ2) is 11.4. The summed E-state index contributed by atoms with van der Waals surface area (Å²) in [5, 5.41) is 10.9. The van der Waals surface area contributed by atoms with Gasteiger partial charge < -0.3 is 15.6 Å². The Morgan fingerprint density at radius 1 is 1.10 bits per heavy atom. The van der Waals surface area contributed by atoms with E-state index in [-0.39, 0.29) is 35.6 Å². The first-order valence-corrected chi connectivity index (χ1v) is 12.5. The van der Waals surface area contributed by atoms with Crippen LogP contribution in [-0.2, 0) is 4.79 Å². The lowest BCUT2D eigenvalue weighted by molar-refractivity contribution is -0.152. The Bertz CT molecular complexity index is 1440. The standard InChI is InChI=1S/C24H23F9N6O3/c1-10-16(39-42-38-10)21(41)37-17(11-4-6-22(26,27)7-5-11)19-35-14-3-2-12(15(25)18(14)36-19)13(8-23(28,29)30)20(40)34-9-24(31,32)33/h2-3,11,13,17H,4-9H2,1H3,(H,34,40)(H,35,36)(H,37,41)/t13?,17-/m0/s1. The van der Waals surface area contributed by atoms with E-state index >= 15 is 4.39 Å². The minimum atomic E-state index is -5.05. The number of hydrogen-bond acceptors (Lipinski definition) is 6. The Hall–Kier alpha value is -3.86. The van der Waals surface area contributed by atoms with Crippen molar-refractivity contribution < 1.29 is 53.7 Å². The molecule has 42 heavy (non-hydrogen) atoms. The normalized spacial score (nSPS) is 17.7. The van der Waals surface area contributed by atoms with E-state index in [1.54, 1.807) is 0 Å². The van der Waals surface area contributed by atoms with Crippen LogP contribution < -0.4 is 10.6 Å². The van der Waals surface area contributed by atoms with Crippen LogP contribution in [0.1, 0.15) is 71.6 Å². The van der Waals surface area contributed by atoms with Gasteiger partial charge in [-0.3, -0.25) is 9.59 Å². The Kier molecular flexibility index (Phi) is 8.46. The lowest BCUT2D eigenvalue weighted by atomic mass is 9.81. The summed E-state index contributed by atoms with van der Waals surface area (Å²) in [5.41, 5.74) is -1.63. The number of imidazole rings is 1. The van der Waals surface area contributed by atoms with Crippen LogP contribution in [0.4, 0.5) is 39.5 Å². The van der Waals surface area contributed by atoms with Crippen molar-refractivity contribution in [3.05, 3.63) is 40.7 Å². The molecule has 2 aromatic heterocycles. The molecule has 0 bridgehead atoms. The van der Waals surface area contributed by atoms with Crippen molar-refractivity contribution in [3.8, 4) is 0 Å². The molecule has 1 aliphatic carbocycles. The molecule has 1 fully saturated rings. The average Bonchev–Trinajstić information content (AvgIpc) is 3.51. The molecule has 1 aromatic carbocycles. The first-order chi connectivity index (χ1) is 19.4. The van der Waals surface area contributed by atoms with Crippen molar-refractivity contribution in [1.82, 2.24) is 30.9 Å². The highest BCUT2D eigenvalue weighted by atomic mass is 19.4. The molecule has 0 radical (unpaired) electrons. The van der Waals surface area contributed by atoms with Crippen molar-refractivity contribution in [1.29, 1.82) is 0 Å². The summed E-state index contributed by atoms with van der Waals surface area (Å²) >= 11 is 0. The molecule has 4 rings (SSSR count). The highest BCUT2D eigenvalue weighted by Gasteiger charge is 2.41. The highest BCUT2D eigenvalue weighted by molar-refractivity contribution is 5.93. The molecule has 1 unspecified atom stereocenters. The third-order valence-corrected chi connectivity index (χ3v) is 6.91. The number of rotatable bonds is 8. The summed E-state index contributed by atoms with van der Waals surface area (Å²) in [6.07, 6.45) is -13.1. The summed E-state index contributed by atoms with van der Waals surface area (Å²) < 4.78 is 125. The third-order valence-electron chi connectivity index (χ3n) is 6.91. The van der Waals surface area contributed by atoms with E-state index in [2.05, 4.69) is 30.2 Å². The number of hydrogen-bond donors (Lipinski definition) is 3. The maximum Gasteiger partial charge on any atom is 0.405 e. The number of benzene rings is 1. The molecule has 2 amide bonds. The average molecular weight is 614 g/mol. The van der Waals surface area contributed by atoms with Crippen LogP contribution in [0.3, 0.4) is 0 Å². The van der Waals surface area contributed by atoms with Gasteiger partial charge in [-0.05, 0) is 36.9 Å². The van der Waals surface area contributed by atoms with Gasteiger partial charge in [0, 0.05) is 18.4 Å². The van der Waals surface area contributed by atoms with Gasteiger partial charge in [0.25, 0.3) is 5.91 Å². The number of alkyl halides is 8. The van der Waals surface area contributed by atoms with Crippen molar-refractivity contribution in [2.45, 2.75) is 69.3 Å². The Morgan fingerprint density at radius 2 is 1.76 bits per heavy atom. The fourth-order valence-corrected chi connectivity index (χ4v) is 4.83. The molecular formula is C24H23F9N6O3. The minimum absolute atomic E-state index is 0.0776. The Labute approximate surface area is 230 Å². The number of nitrogens with one attached hydrogen (secondary N) is 3. The van der Waals surface area contributed by atoms with Crippen LogP contribution in [0.2, 0.25) is 0 Å². The van der Waals surface area contributed by atoms with E-state index in [0.717, 1.165) is 12.1 Å². The van der Waals surface area contributed by atoms with E-state index < -0.39 is 90.7 Å². The molecule has 1 aliphatic rings. The number of amides is 2. The number of H-pyrrole nitrogens is 1. The van der Waals surface area contributed by atoms with E-state index in [9.17, 15) is 44.7 Å². The zero-order valence-electron chi connectivity index (χ0n) is 21.6. The predicted octanol–water partition coefficient (Wildman–Crippen LogP) is 5.40. The fourth-order valence-electron chi connectivity index (χ4n) is 4.83. The lowest BCUT2D eigenvalue weighted by Crippen LogP contribution is -2.38. The van der Waals surface area contributed by atoms with Gasteiger partial charge in [-0.15, -0.1) is 0 Å². The summed E-state index contributed by atoms with van der Waals surface area (Å²) in [5.74, 6) is -10.0. The first kappa shape index (κ1) is 31.1. The third kappa shape index (κ3) is 7.31. The summed E-state index contributed by atoms with van der Waals surface area (Å²) in [7, 11) is 0. The SMILES string of the molecule is Cc1nonc1C(=O)N[C@H](c1nc2c(F)c(C(CC(F)(F)F)C(=O)NCC(F)(F)F)ccc2[nH]1)C1CCC(F)(F)CC1. The minimum Gasteiger partial charge on any atom is -0.346 e. The maximum atomic E-state index is 15.6. The smallest absolute Gasteiger partial charge is 0.346 e. The van der Waals surface area contributed by atoms with Gasteiger partial charge >= 0.3 is 12.4 Å². The van der Waals surface area contributed by atoms with Crippen LogP contribution >= 0.6 is 0 Å². The number of fused-ring (bicyclic) bond motifs is 1. The van der Waals surface area contributed by atoms with E-state index in [0.29, 0.717) is 0 Å². The molecule has 9 nitrogen and oxygen atoms in total. The van der Waals surface area contributed by atoms with Gasteiger partial charge in [0.05, 0.1) is 23.9 Å². The number of aromatic amines is 1. The summed E-state index contributed by atoms with van der Waals surface area (Å²) in [4.78, 5) is 32.0. The predicted molar refractivity (Wildman–Crippen MR) is 125 cm³/mol. The highest BCUT2D eigenvalue weighted by Crippen LogP contribution is 2.42. The molecular weight excluding hydrogens is 591 g/mol. The lowest BCUT2D eigenvalue weighted by Gasteiger charge is -2.33. The topological polar surface area (TPSA) is 126 Å². The quantitative estimate of drug-likeness (QED) is 0.292. The summed E-state index contributed by atoms with van der Waals surface area (Å²) in [6, 6.07) is 0.758. The number of aryl methyl sites for hydroxylation is 1. The van der Waals surface area contributed by atoms with Crippen LogP contribution in [-0.4, -0.2) is 56.9 Å². The van der Waals surface area contributed by atoms with Crippen molar-refractivity contribution in [2.75, 3.05) is 6.54 Å². The molecule has 230 valence electrons. The molecule has 2 atom stereocenters. The molecule has 3 N–H and O–H groups in total. The van der Waals surface area contributed by atoms with Gasteiger partial charge in [0.15, 0.2) is 11.5 Å². The van der Waals surface area contributed by atoms with Crippen molar-refractivity contribution >= 4 is 22.8 Å². The molecule has 3 aromatic rings. The molecule has 0 saturated heterocycles. The zero-order chi connectivity index (χ0) is 31.0. The second-order valence-electron chi connectivity index (χ2n) is 10.0. The van der Waals surface area contributed by atoms with Crippen LogP contribution in [0.25, 0.3) is 11.0 Å². The molecule has 2 heterocycles. The second-order valence-corrected chi connectivity index (χ2v) is 10.0.